The van der Waals surface area contributed by atoms with Gasteiger partial charge in [-0.3, -0.25) is 9.59 Å². The van der Waals surface area contributed by atoms with Crippen molar-refractivity contribution in [2.24, 2.45) is 5.92 Å². The molecule has 34 heavy (non-hydrogen) atoms. The second kappa shape index (κ2) is 9.77. The van der Waals surface area contributed by atoms with Gasteiger partial charge in [0.05, 0.1) is 12.2 Å². The Bertz CT molecular complexity index is 1300. The molecule has 2 N–H and O–H groups in total. The highest BCUT2D eigenvalue weighted by molar-refractivity contribution is 6.31. The number of piperidine rings is 1. The molecule has 2 aromatic heterocycles. The Labute approximate surface area is 202 Å². The molecule has 7 heteroatoms. The third-order valence-corrected chi connectivity index (χ3v) is 6.91. The first-order chi connectivity index (χ1) is 16.6. The fourth-order valence-electron chi connectivity index (χ4n) is 4.81. The maximum Gasteiger partial charge on any atom is 0.289 e. The van der Waals surface area contributed by atoms with E-state index in [1.165, 1.54) is 6.26 Å². The average molecular weight is 476 g/mol. The quantitative estimate of drug-likeness (QED) is 0.401. The van der Waals surface area contributed by atoms with E-state index in [4.69, 9.17) is 16.0 Å². The summed E-state index contributed by atoms with van der Waals surface area (Å²) < 4.78 is 5.25. The molecule has 5 rings (SSSR count). The standard InChI is InChI=1S/C27H26ClN3O3/c28-23-10-3-1-8-19(23)21(22-15-29-24-11-4-2-9-20(22)24)16-30-26(32)18-7-5-13-31(17-18)27(33)25-12-6-14-34-25/h1-4,6,8-12,14-15,18,21,29H,5,7,13,16-17H2,(H,30,32). The third-order valence-electron chi connectivity index (χ3n) is 6.57. The van der Waals surface area contributed by atoms with E-state index < -0.39 is 0 Å². The molecule has 174 valence electrons. The summed E-state index contributed by atoms with van der Waals surface area (Å²) in [5.41, 5.74) is 3.09. The van der Waals surface area contributed by atoms with Crippen LogP contribution in [0.3, 0.4) is 0 Å². The zero-order valence-corrected chi connectivity index (χ0v) is 19.4. The second-order valence-corrected chi connectivity index (χ2v) is 9.08. The fourth-order valence-corrected chi connectivity index (χ4v) is 5.07. The molecule has 2 amide bonds. The van der Waals surface area contributed by atoms with Crippen LogP contribution in [0.4, 0.5) is 0 Å². The van der Waals surface area contributed by atoms with Crippen LogP contribution in [0.25, 0.3) is 10.9 Å². The molecule has 0 bridgehead atoms. The van der Waals surface area contributed by atoms with Crippen molar-refractivity contribution in [1.82, 2.24) is 15.2 Å². The van der Waals surface area contributed by atoms with E-state index >= 15 is 0 Å². The van der Waals surface area contributed by atoms with Crippen molar-refractivity contribution >= 4 is 34.3 Å². The molecule has 2 unspecified atom stereocenters. The first-order valence-electron chi connectivity index (χ1n) is 11.5. The number of fused-ring (bicyclic) bond motifs is 1. The lowest BCUT2D eigenvalue weighted by atomic mass is 9.90. The molecule has 3 heterocycles. The zero-order valence-electron chi connectivity index (χ0n) is 18.7. The van der Waals surface area contributed by atoms with Crippen LogP contribution >= 0.6 is 11.6 Å². The van der Waals surface area contributed by atoms with Crippen LogP contribution < -0.4 is 5.32 Å². The summed E-state index contributed by atoms with van der Waals surface area (Å²) in [5, 5.41) is 4.93. The number of amides is 2. The van der Waals surface area contributed by atoms with Crippen LogP contribution in [0.5, 0.6) is 0 Å². The Hall–Kier alpha value is -3.51. The number of likely N-dealkylation sites (tertiary alicyclic amines) is 1. The average Bonchev–Trinajstić information content (AvgIpc) is 3.56. The maximum atomic E-state index is 13.2. The number of benzene rings is 2. The number of para-hydroxylation sites is 1. The fraction of sp³-hybridized carbons (Fsp3) is 0.259. The first-order valence-corrected chi connectivity index (χ1v) is 11.9. The second-order valence-electron chi connectivity index (χ2n) is 8.68. The predicted octanol–water partition coefficient (Wildman–Crippen LogP) is 5.21. The van der Waals surface area contributed by atoms with E-state index in [1.54, 1.807) is 17.0 Å². The summed E-state index contributed by atoms with van der Waals surface area (Å²) in [7, 11) is 0. The van der Waals surface area contributed by atoms with Gasteiger partial charge in [-0.05, 0) is 48.2 Å². The van der Waals surface area contributed by atoms with Crippen LogP contribution in [0.2, 0.25) is 5.02 Å². The molecular formula is C27H26ClN3O3. The van der Waals surface area contributed by atoms with Crippen LogP contribution in [-0.2, 0) is 4.79 Å². The van der Waals surface area contributed by atoms with Crippen molar-refractivity contribution in [2.75, 3.05) is 19.6 Å². The van der Waals surface area contributed by atoms with Crippen molar-refractivity contribution in [3.05, 3.63) is 95.0 Å². The molecule has 1 fully saturated rings. The first kappa shape index (κ1) is 22.3. The number of aromatic nitrogens is 1. The Morgan fingerprint density at radius 2 is 1.91 bits per heavy atom. The monoisotopic (exact) mass is 475 g/mol. The minimum Gasteiger partial charge on any atom is -0.459 e. The topological polar surface area (TPSA) is 78.3 Å². The molecule has 0 aliphatic carbocycles. The molecule has 0 radical (unpaired) electrons. The Morgan fingerprint density at radius 1 is 1.09 bits per heavy atom. The number of rotatable bonds is 6. The van der Waals surface area contributed by atoms with E-state index in [9.17, 15) is 9.59 Å². The number of halogens is 1. The van der Waals surface area contributed by atoms with Gasteiger partial charge in [0.2, 0.25) is 5.91 Å². The normalized spacial score (nSPS) is 17.0. The summed E-state index contributed by atoms with van der Waals surface area (Å²) in [6.07, 6.45) is 5.01. The number of carbonyl (C=O) groups excluding carboxylic acids is 2. The molecule has 4 aromatic rings. The SMILES string of the molecule is O=C(NCC(c1ccccc1Cl)c1c[nH]c2ccccc12)C1CCCN(C(=O)c2ccco2)C1. The predicted molar refractivity (Wildman–Crippen MR) is 132 cm³/mol. The van der Waals surface area contributed by atoms with Crippen LogP contribution in [0.15, 0.2) is 77.5 Å². The van der Waals surface area contributed by atoms with Crippen molar-refractivity contribution in [1.29, 1.82) is 0 Å². The molecule has 1 aliphatic heterocycles. The van der Waals surface area contributed by atoms with Gasteiger partial charge < -0.3 is 19.6 Å². The number of nitrogens with zero attached hydrogens (tertiary/aromatic N) is 1. The number of aromatic amines is 1. The van der Waals surface area contributed by atoms with Crippen molar-refractivity contribution in [3.63, 3.8) is 0 Å². The summed E-state index contributed by atoms with van der Waals surface area (Å²) in [4.78, 5) is 30.9. The molecule has 6 nitrogen and oxygen atoms in total. The number of hydrogen-bond acceptors (Lipinski definition) is 3. The lowest BCUT2D eigenvalue weighted by Gasteiger charge is -2.32. The van der Waals surface area contributed by atoms with Gasteiger partial charge >= 0.3 is 0 Å². The van der Waals surface area contributed by atoms with Crippen LogP contribution in [0, 0.1) is 5.92 Å². The summed E-state index contributed by atoms with van der Waals surface area (Å²) in [6, 6.07) is 19.2. The molecular weight excluding hydrogens is 450 g/mol. The van der Waals surface area contributed by atoms with E-state index in [-0.39, 0.29) is 23.7 Å². The van der Waals surface area contributed by atoms with E-state index in [0.717, 1.165) is 34.9 Å². The maximum absolute atomic E-state index is 13.2. The molecule has 1 aliphatic rings. The highest BCUT2D eigenvalue weighted by Gasteiger charge is 2.30. The number of carbonyl (C=O) groups is 2. The van der Waals surface area contributed by atoms with Crippen molar-refractivity contribution in [2.45, 2.75) is 18.8 Å². The van der Waals surface area contributed by atoms with Gasteiger partial charge in [-0.25, -0.2) is 0 Å². The highest BCUT2D eigenvalue weighted by Crippen LogP contribution is 2.34. The molecule has 1 saturated heterocycles. The Kier molecular flexibility index (Phi) is 6.41. The number of hydrogen-bond donors (Lipinski definition) is 2. The molecule has 2 aromatic carbocycles. The van der Waals surface area contributed by atoms with Crippen molar-refractivity contribution < 1.29 is 14.0 Å². The summed E-state index contributed by atoms with van der Waals surface area (Å²) in [6.45, 7) is 1.42. The van der Waals surface area contributed by atoms with Crippen LogP contribution in [-0.4, -0.2) is 41.3 Å². The van der Waals surface area contributed by atoms with Gasteiger partial charge in [-0.1, -0.05) is 48.0 Å². The van der Waals surface area contributed by atoms with Crippen LogP contribution in [0.1, 0.15) is 40.4 Å². The summed E-state index contributed by atoms with van der Waals surface area (Å²) in [5.74, 6) is -0.288. The van der Waals surface area contributed by atoms with Gasteiger partial charge in [-0.2, -0.15) is 0 Å². The van der Waals surface area contributed by atoms with Gasteiger partial charge in [0.25, 0.3) is 5.91 Å². The largest absolute Gasteiger partial charge is 0.459 e. The minimum absolute atomic E-state index is 0.0474. The highest BCUT2D eigenvalue weighted by atomic mass is 35.5. The molecule has 0 spiro atoms. The van der Waals surface area contributed by atoms with Crippen molar-refractivity contribution in [3.8, 4) is 0 Å². The van der Waals surface area contributed by atoms with E-state index in [2.05, 4.69) is 16.4 Å². The van der Waals surface area contributed by atoms with Gasteiger partial charge in [0.15, 0.2) is 5.76 Å². The minimum atomic E-state index is -0.262. The van der Waals surface area contributed by atoms with Gasteiger partial charge in [0.1, 0.15) is 0 Å². The lowest BCUT2D eigenvalue weighted by Crippen LogP contribution is -2.46. The molecule has 0 saturated carbocycles. The number of nitrogens with one attached hydrogen (secondary N) is 2. The van der Waals surface area contributed by atoms with E-state index in [0.29, 0.717) is 30.4 Å². The Balaban J connectivity index is 1.34. The lowest BCUT2D eigenvalue weighted by molar-refractivity contribution is -0.126. The zero-order chi connectivity index (χ0) is 23.5. The van der Waals surface area contributed by atoms with Gasteiger partial charge in [0, 0.05) is 47.7 Å². The number of H-pyrrole nitrogens is 1. The molecule has 2 atom stereocenters. The summed E-state index contributed by atoms with van der Waals surface area (Å²) >= 11 is 6.58. The van der Waals surface area contributed by atoms with E-state index in [1.807, 2.05) is 48.7 Å². The Morgan fingerprint density at radius 3 is 2.74 bits per heavy atom. The van der Waals surface area contributed by atoms with Gasteiger partial charge in [-0.15, -0.1) is 0 Å². The smallest absolute Gasteiger partial charge is 0.289 e. The number of furan rings is 1. The third kappa shape index (κ3) is 4.46.